The smallest absolute Gasteiger partial charge is 0.412 e. The lowest BCUT2D eigenvalue weighted by Crippen LogP contribution is -2.42. The number of piperidine rings is 1. The van der Waals surface area contributed by atoms with E-state index >= 15 is 0 Å². The van der Waals surface area contributed by atoms with Gasteiger partial charge in [-0.05, 0) is 39.2 Å². The fraction of sp³-hybridized carbons (Fsp3) is 0.476. The summed E-state index contributed by atoms with van der Waals surface area (Å²) in [5.41, 5.74) is 1.01. The number of nitrogens with one attached hydrogen (secondary N) is 1. The number of carbonyl (C=O) groups excluding carboxylic acids is 2. The van der Waals surface area contributed by atoms with Crippen LogP contribution in [-0.4, -0.2) is 45.6 Å². The number of amides is 2. The van der Waals surface area contributed by atoms with Crippen molar-refractivity contribution in [1.82, 2.24) is 14.7 Å². The van der Waals surface area contributed by atoms with Gasteiger partial charge in [-0.25, -0.2) is 9.59 Å². The van der Waals surface area contributed by atoms with Crippen LogP contribution in [0.3, 0.4) is 0 Å². The maximum absolute atomic E-state index is 12.2. The molecular weight excluding hydrogens is 372 g/mol. The van der Waals surface area contributed by atoms with E-state index in [1.165, 1.54) is 0 Å². The van der Waals surface area contributed by atoms with Gasteiger partial charge in [0.2, 0.25) is 0 Å². The van der Waals surface area contributed by atoms with Gasteiger partial charge >= 0.3 is 12.2 Å². The van der Waals surface area contributed by atoms with Crippen molar-refractivity contribution in [2.24, 2.45) is 0 Å². The molecule has 8 nitrogen and oxygen atoms in total. The molecule has 3 rings (SSSR count). The predicted molar refractivity (Wildman–Crippen MR) is 109 cm³/mol. The summed E-state index contributed by atoms with van der Waals surface area (Å²) in [4.78, 5) is 25.9. The van der Waals surface area contributed by atoms with Crippen molar-refractivity contribution in [2.45, 2.75) is 51.9 Å². The molecule has 0 aliphatic carbocycles. The third-order valence-corrected chi connectivity index (χ3v) is 4.55. The van der Waals surface area contributed by atoms with Gasteiger partial charge in [0, 0.05) is 19.3 Å². The van der Waals surface area contributed by atoms with Crippen LogP contribution in [0.1, 0.15) is 45.2 Å². The number of ether oxygens (including phenoxy) is 2. The molecule has 2 amide bonds. The van der Waals surface area contributed by atoms with Gasteiger partial charge in [-0.15, -0.1) is 0 Å². The minimum absolute atomic E-state index is 0.171. The molecule has 0 spiro atoms. The minimum Gasteiger partial charge on any atom is -0.444 e. The second-order valence-electron chi connectivity index (χ2n) is 8.09. The van der Waals surface area contributed by atoms with E-state index in [0.29, 0.717) is 18.8 Å². The van der Waals surface area contributed by atoms with Crippen molar-refractivity contribution in [3.8, 4) is 0 Å². The molecule has 0 saturated carbocycles. The lowest BCUT2D eigenvalue weighted by atomic mass is 10.1. The number of hydrogen-bond acceptors (Lipinski definition) is 5. The molecule has 2 aromatic rings. The summed E-state index contributed by atoms with van der Waals surface area (Å²) in [5.74, 6) is 0. The number of nitrogens with zero attached hydrogens (tertiary/aromatic N) is 3. The Kier molecular flexibility index (Phi) is 6.41. The number of anilines is 1. The van der Waals surface area contributed by atoms with E-state index in [9.17, 15) is 9.59 Å². The highest BCUT2D eigenvalue weighted by molar-refractivity contribution is 5.84. The Hall–Kier alpha value is -3.03. The molecule has 0 bridgehead atoms. The van der Waals surface area contributed by atoms with E-state index in [2.05, 4.69) is 10.4 Å². The molecule has 1 N–H and O–H groups in total. The summed E-state index contributed by atoms with van der Waals surface area (Å²) in [7, 11) is 0. The SMILES string of the molecule is CC(C)(C)OC(=O)N1CCC(n2cc(NC(=O)OCc3ccccc3)cn2)CC1. The second-order valence-corrected chi connectivity index (χ2v) is 8.09. The molecule has 8 heteroatoms. The zero-order valence-corrected chi connectivity index (χ0v) is 17.1. The second kappa shape index (κ2) is 8.98. The summed E-state index contributed by atoms with van der Waals surface area (Å²) >= 11 is 0. The van der Waals surface area contributed by atoms with Crippen LogP contribution in [-0.2, 0) is 16.1 Å². The van der Waals surface area contributed by atoms with Crippen LogP contribution in [0.4, 0.5) is 15.3 Å². The van der Waals surface area contributed by atoms with Crippen molar-refractivity contribution in [3.63, 3.8) is 0 Å². The van der Waals surface area contributed by atoms with Crippen molar-refractivity contribution >= 4 is 17.9 Å². The fourth-order valence-corrected chi connectivity index (χ4v) is 3.12. The van der Waals surface area contributed by atoms with Gasteiger partial charge in [0.1, 0.15) is 12.2 Å². The number of likely N-dealkylation sites (tertiary alicyclic amines) is 1. The van der Waals surface area contributed by atoms with Crippen molar-refractivity contribution in [2.75, 3.05) is 18.4 Å². The van der Waals surface area contributed by atoms with E-state index in [0.717, 1.165) is 18.4 Å². The maximum Gasteiger partial charge on any atom is 0.412 e. The Morgan fingerprint density at radius 2 is 1.86 bits per heavy atom. The van der Waals surface area contributed by atoms with Crippen molar-refractivity contribution in [3.05, 3.63) is 48.3 Å². The largest absolute Gasteiger partial charge is 0.444 e. The standard InChI is InChI=1S/C21H28N4O4/c1-21(2,3)29-20(27)24-11-9-18(10-12-24)25-14-17(13-22-25)23-19(26)28-15-16-7-5-4-6-8-16/h4-8,13-14,18H,9-12,15H2,1-3H3,(H,23,26). The van der Waals surface area contributed by atoms with Gasteiger partial charge in [-0.1, -0.05) is 30.3 Å². The lowest BCUT2D eigenvalue weighted by Gasteiger charge is -2.33. The summed E-state index contributed by atoms with van der Waals surface area (Å²) in [6, 6.07) is 9.67. The molecule has 1 fully saturated rings. The van der Waals surface area contributed by atoms with Crippen LogP contribution in [0, 0.1) is 0 Å². The van der Waals surface area contributed by atoms with Gasteiger partial charge < -0.3 is 14.4 Å². The van der Waals surface area contributed by atoms with Crippen LogP contribution >= 0.6 is 0 Å². The number of rotatable bonds is 4. The first-order valence-electron chi connectivity index (χ1n) is 9.80. The summed E-state index contributed by atoms with van der Waals surface area (Å²) in [6.45, 7) is 7.02. The summed E-state index contributed by atoms with van der Waals surface area (Å²) < 4.78 is 12.5. The molecule has 1 aromatic heterocycles. The molecule has 1 saturated heterocycles. The minimum atomic E-state index is -0.520. The van der Waals surface area contributed by atoms with E-state index in [1.54, 1.807) is 17.3 Å². The van der Waals surface area contributed by atoms with E-state index in [-0.39, 0.29) is 18.7 Å². The molecule has 1 aliphatic heterocycles. The van der Waals surface area contributed by atoms with Gasteiger partial charge in [0.15, 0.2) is 0 Å². The Labute approximate surface area is 170 Å². The highest BCUT2D eigenvalue weighted by atomic mass is 16.6. The van der Waals surface area contributed by atoms with Gasteiger partial charge in [-0.2, -0.15) is 5.10 Å². The summed E-state index contributed by atoms with van der Waals surface area (Å²) in [5, 5.41) is 7.05. The highest BCUT2D eigenvalue weighted by Gasteiger charge is 2.27. The van der Waals surface area contributed by atoms with Gasteiger partial charge in [0.05, 0.1) is 17.9 Å². The van der Waals surface area contributed by atoms with E-state index < -0.39 is 11.7 Å². The van der Waals surface area contributed by atoms with Crippen LogP contribution in [0.15, 0.2) is 42.7 Å². The first-order valence-corrected chi connectivity index (χ1v) is 9.80. The molecule has 156 valence electrons. The molecule has 1 aliphatic rings. The van der Waals surface area contributed by atoms with Crippen LogP contribution < -0.4 is 5.32 Å². The topological polar surface area (TPSA) is 85.7 Å². The maximum atomic E-state index is 12.2. The monoisotopic (exact) mass is 400 g/mol. The van der Waals surface area contributed by atoms with Crippen molar-refractivity contribution < 1.29 is 19.1 Å². The van der Waals surface area contributed by atoms with Crippen molar-refractivity contribution in [1.29, 1.82) is 0 Å². The third-order valence-electron chi connectivity index (χ3n) is 4.55. The van der Waals surface area contributed by atoms with E-state index in [1.807, 2.05) is 55.8 Å². The normalized spacial score (nSPS) is 15.1. The average molecular weight is 400 g/mol. The van der Waals surface area contributed by atoms with E-state index in [4.69, 9.17) is 9.47 Å². The lowest BCUT2D eigenvalue weighted by molar-refractivity contribution is 0.0184. The van der Waals surface area contributed by atoms with Crippen LogP contribution in [0.5, 0.6) is 0 Å². The number of hydrogen-bond donors (Lipinski definition) is 1. The molecule has 29 heavy (non-hydrogen) atoms. The molecule has 0 radical (unpaired) electrons. The summed E-state index contributed by atoms with van der Waals surface area (Å²) in [6.07, 6.45) is 4.15. The Morgan fingerprint density at radius 1 is 1.17 bits per heavy atom. The number of benzene rings is 1. The third kappa shape index (κ3) is 6.23. The van der Waals surface area contributed by atoms with Gasteiger partial charge in [-0.3, -0.25) is 10.00 Å². The molecular formula is C21H28N4O4. The fourth-order valence-electron chi connectivity index (χ4n) is 3.12. The van der Waals surface area contributed by atoms with Gasteiger partial charge in [0.25, 0.3) is 0 Å². The highest BCUT2D eigenvalue weighted by Crippen LogP contribution is 2.24. The van der Waals surface area contributed by atoms with Crippen LogP contribution in [0.2, 0.25) is 0 Å². The Balaban J connectivity index is 1.45. The molecule has 2 heterocycles. The van der Waals surface area contributed by atoms with Crippen LogP contribution in [0.25, 0.3) is 0 Å². The zero-order chi connectivity index (χ0) is 20.9. The molecule has 0 unspecified atom stereocenters. The Morgan fingerprint density at radius 3 is 2.52 bits per heavy atom. The number of aromatic nitrogens is 2. The number of carbonyl (C=O) groups is 2. The Bertz CT molecular complexity index is 821. The predicted octanol–water partition coefficient (Wildman–Crippen LogP) is 4.20. The molecule has 0 atom stereocenters. The zero-order valence-electron chi connectivity index (χ0n) is 17.1. The quantitative estimate of drug-likeness (QED) is 0.831. The first-order chi connectivity index (χ1) is 13.8. The average Bonchev–Trinajstić information content (AvgIpc) is 3.14. The molecule has 1 aromatic carbocycles. The first kappa shape index (κ1) is 20.7.